The molecule has 0 amide bonds. The van der Waals surface area contributed by atoms with E-state index in [9.17, 15) is 0 Å². The lowest BCUT2D eigenvalue weighted by Gasteiger charge is -2.36. The molecule has 1 saturated heterocycles. The molecular formula is C22H24N4O2. The number of benzene rings is 2. The molecule has 4 rings (SSSR count). The van der Waals surface area contributed by atoms with E-state index in [1.807, 2.05) is 42.6 Å². The molecular weight excluding hydrogens is 352 g/mol. The summed E-state index contributed by atoms with van der Waals surface area (Å²) in [6, 6.07) is 16.1. The van der Waals surface area contributed by atoms with Crippen LogP contribution >= 0.6 is 0 Å². The highest BCUT2D eigenvalue weighted by Crippen LogP contribution is 2.25. The summed E-state index contributed by atoms with van der Waals surface area (Å²) in [6.45, 7) is 3.69. The van der Waals surface area contributed by atoms with Gasteiger partial charge in [-0.15, -0.1) is 0 Å². The van der Waals surface area contributed by atoms with Gasteiger partial charge < -0.3 is 19.3 Å². The number of nitrogens with zero attached hydrogens (tertiary/aromatic N) is 4. The van der Waals surface area contributed by atoms with Crippen molar-refractivity contribution >= 4 is 11.5 Å². The van der Waals surface area contributed by atoms with Crippen LogP contribution in [0.15, 0.2) is 60.9 Å². The van der Waals surface area contributed by atoms with Gasteiger partial charge in [-0.1, -0.05) is 12.1 Å². The number of anilines is 2. The van der Waals surface area contributed by atoms with Crippen LogP contribution in [0.5, 0.6) is 11.5 Å². The Morgan fingerprint density at radius 1 is 0.786 bits per heavy atom. The van der Waals surface area contributed by atoms with E-state index < -0.39 is 0 Å². The Kier molecular flexibility index (Phi) is 5.28. The van der Waals surface area contributed by atoms with Crippen molar-refractivity contribution in [1.29, 1.82) is 0 Å². The van der Waals surface area contributed by atoms with Crippen molar-refractivity contribution in [2.24, 2.45) is 0 Å². The van der Waals surface area contributed by atoms with Crippen LogP contribution < -0.4 is 19.3 Å². The van der Waals surface area contributed by atoms with Gasteiger partial charge in [0.2, 0.25) is 0 Å². The fourth-order valence-electron chi connectivity index (χ4n) is 3.42. The van der Waals surface area contributed by atoms with Gasteiger partial charge in [-0.2, -0.15) is 0 Å². The third kappa shape index (κ3) is 3.86. The first-order valence-electron chi connectivity index (χ1n) is 9.37. The number of aromatic nitrogens is 2. The second-order valence-corrected chi connectivity index (χ2v) is 6.67. The second-order valence-electron chi connectivity index (χ2n) is 6.67. The minimum atomic E-state index is 0.817. The number of hydrogen-bond acceptors (Lipinski definition) is 6. The molecule has 0 radical (unpaired) electrons. The Hall–Kier alpha value is -3.28. The molecule has 0 atom stereocenters. The fraction of sp³-hybridized carbons (Fsp3) is 0.273. The van der Waals surface area contributed by atoms with Gasteiger partial charge in [0.05, 0.1) is 32.3 Å². The van der Waals surface area contributed by atoms with Gasteiger partial charge in [0.25, 0.3) is 0 Å². The molecule has 1 fully saturated rings. The average Bonchev–Trinajstić information content (AvgIpc) is 2.79. The number of hydrogen-bond donors (Lipinski definition) is 0. The predicted octanol–water partition coefficient (Wildman–Crippen LogP) is 3.49. The molecule has 1 aliphatic heterocycles. The summed E-state index contributed by atoms with van der Waals surface area (Å²) in [6.07, 6.45) is 3.64. The highest BCUT2D eigenvalue weighted by Gasteiger charge is 2.19. The average molecular weight is 376 g/mol. The molecule has 1 aromatic heterocycles. The first kappa shape index (κ1) is 18.1. The molecule has 28 heavy (non-hydrogen) atoms. The summed E-state index contributed by atoms with van der Waals surface area (Å²) in [4.78, 5) is 13.9. The van der Waals surface area contributed by atoms with Crippen molar-refractivity contribution < 1.29 is 9.47 Å². The molecule has 6 heteroatoms. The van der Waals surface area contributed by atoms with Crippen molar-refractivity contribution in [1.82, 2.24) is 9.97 Å². The van der Waals surface area contributed by atoms with Gasteiger partial charge in [-0.25, -0.2) is 4.98 Å². The first-order valence-corrected chi connectivity index (χ1v) is 9.37. The summed E-state index contributed by atoms with van der Waals surface area (Å²) in [5, 5.41) is 0. The Morgan fingerprint density at radius 3 is 2.21 bits per heavy atom. The normalized spacial score (nSPS) is 14.1. The Balaban J connectivity index is 1.45. The van der Waals surface area contributed by atoms with E-state index in [0.717, 1.165) is 54.8 Å². The third-order valence-electron chi connectivity index (χ3n) is 5.03. The van der Waals surface area contributed by atoms with Crippen LogP contribution in [0.3, 0.4) is 0 Å². The molecule has 6 nitrogen and oxygen atoms in total. The van der Waals surface area contributed by atoms with E-state index in [4.69, 9.17) is 14.5 Å². The van der Waals surface area contributed by atoms with E-state index >= 15 is 0 Å². The summed E-state index contributed by atoms with van der Waals surface area (Å²) in [7, 11) is 3.36. The first-order chi connectivity index (χ1) is 13.8. The molecule has 3 aromatic rings. The predicted molar refractivity (Wildman–Crippen MR) is 111 cm³/mol. The molecule has 0 spiro atoms. The minimum absolute atomic E-state index is 0.817. The van der Waals surface area contributed by atoms with Crippen LogP contribution in [0.1, 0.15) is 0 Å². The molecule has 0 bridgehead atoms. The highest BCUT2D eigenvalue weighted by atomic mass is 16.5. The molecule has 0 saturated carbocycles. The van der Waals surface area contributed by atoms with Crippen LogP contribution in [0, 0.1) is 0 Å². The summed E-state index contributed by atoms with van der Waals surface area (Å²) >= 11 is 0. The number of ether oxygens (including phenoxy) is 2. The Labute approximate surface area is 165 Å². The van der Waals surface area contributed by atoms with E-state index in [-0.39, 0.29) is 0 Å². The van der Waals surface area contributed by atoms with Gasteiger partial charge in [-0.3, -0.25) is 4.98 Å². The minimum Gasteiger partial charge on any atom is -0.497 e. The molecule has 2 heterocycles. The smallest absolute Gasteiger partial charge is 0.147 e. The van der Waals surface area contributed by atoms with E-state index in [1.54, 1.807) is 20.4 Å². The Bertz CT molecular complexity index is 922. The van der Waals surface area contributed by atoms with Crippen LogP contribution in [-0.4, -0.2) is 50.4 Å². The molecule has 0 aliphatic carbocycles. The lowest BCUT2D eigenvalue weighted by atomic mass is 10.1. The summed E-state index contributed by atoms with van der Waals surface area (Å²) in [5.41, 5.74) is 3.08. The van der Waals surface area contributed by atoms with E-state index in [0.29, 0.717) is 0 Å². The lowest BCUT2D eigenvalue weighted by Crippen LogP contribution is -2.46. The van der Waals surface area contributed by atoms with Crippen molar-refractivity contribution in [3.8, 4) is 22.8 Å². The van der Waals surface area contributed by atoms with Gasteiger partial charge in [0.1, 0.15) is 17.3 Å². The number of methoxy groups -OCH3 is 2. The summed E-state index contributed by atoms with van der Waals surface area (Å²) < 4.78 is 10.6. The van der Waals surface area contributed by atoms with Crippen molar-refractivity contribution in [3.63, 3.8) is 0 Å². The molecule has 0 unspecified atom stereocenters. The van der Waals surface area contributed by atoms with Gasteiger partial charge >= 0.3 is 0 Å². The maximum atomic E-state index is 5.32. The van der Waals surface area contributed by atoms with Gasteiger partial charge in [0.15, 0.2) is 0 Å². The molecule has 2 aromatic carbocycles. The summed E-state index contributed by atoms with van der Waals surface area (Å²) in [5.74, 6) is 2.61. The van der Waals surface area contributed by atoms with Crippen LogP contribution in [-0.2, 0) is 0 Å². The largest absolute Gasteiger partial charge is 0.497 e. The SMILES string of the molecule is COc1ccc(N2CCN(c3cncc(-c4cccc(OC)c4)n3)CC2)cc1. The fourth-order valence-corrected chi connectivity index (χ4v) is 3.42. The number of rotatable bonds is 5. The van der Waals surface area contributed by atoms with Crippen LogP contribution in [0.4, 0.5) is 11.5 Å². The maximum Gasteiger partial charge on any atom is 0.147 e. The molecule has 144 valence electrons. The van der Waals surface area contributed by atoms with Crippen LogP contribution in [0.25, 0.3) is 11.3 Å². The Morgan fingerprint density at radius 2 is 1.50 bits per heavy atom. The van der Waals surface area contributed by atoms with Gasteiger partial charge in [-0.05, 0) is 36.4 Å². The van der Waals surface area contributed by atoms with Crippen LogP contribution in [0.2, 0.25) is 0 Å². The van der Waals surface area contributed by atoms with E-state index in [1.165, 1.54) is 5.69 Å². The topological polar surface area (TPSA) is 50.7 Å². The number of piperazine rings is 1. The van der Waals surface area contributed by atoms with Crippen molar-refractivity contribution in [3.05, 3.63) is 60.9 Å². The maximum absolute atomic E-state index is 5.32. The van der Waals surface area contributed by atoms with E-state index in [2.05, 4.69) is 26.9 Å². The monoisotopic (exact) mass is 376 g/mol. The zero-order valence-electron chi connectivity index (χ0n) is 16.2. The third-order valence-corrected chi connectivity index (χ3v) is 5.03. The second kappa shape index (κ2) is 8.17. The lowest BCUT2D eigenvalue weighted by molar-refractivity contribution is 0.414. The standard InChI is InChI=1S/C22H24N4O2/c1-27-19-8-6-18(7-9-19)25-10-12-26(13-11-25)22-16-23-15-21(24-22)17-4-3-5-20(14-17)28-2/h3-9,14-16H,10-13H2,1-2H3. The zero-order chi connectivity index (χ0) is 19.3. The highest BCUT2D eigenvalue weighted by molar-refractivity contribution is 5.62. The molecule has 0 N–H and O–H groups in total. The molecule has 1 aliphatic rings. The van der Waals surface area contributed by atoms with Crippen molar-refractivity contribution in [2.75, 3.05) is 50.2 Å². The van der Waals surface area contributed by atoms with Crippen molar-refractivity contribution in [2.45, 2.75) is 0 Å². The quantitative estimate of drug-likeness (QED) is 0.679. The zero-order valence-corrected chi connectivity index (χ0v) is 16.2. The van der Waals surface area contributed by atoms with Gasteiger partial charge in [0, 0.05) is 37.4 Å².